The minimum Gasteiger partial charge on any atom is -0.389 e. The lowest BCUT2D eigenvalue weighted by Crippen LogP contribution is -2.33. The second-order valence-corrected chi connectivity index (χ2v) is 5.72. The zero-order valence-electron chi connectivity index (χ0n) is 11.8. The summed E-state index contributed by atoms with van der Waals surface area (Å²) in [6, 6.07) is 9.99. The fourth-order valence-electron chi connectivity index (χ4n) is 1.82. The van der Waals surface area contributed by atoms with E-state index in [1.807, 2.05) is 30.3 Å². The first-order valence-corrected chi connectivity index (χ1v) is 7.44. The van der Waals surface area contributed by atoms with Gasteiger partial charge in [-0.25, -0.2) is 4.98 Å². The average Bonchev–Trinajstić information content (AvgIpc) is 2.95. The van der Waals surface area contributed by atoms with Gasteiger partial charge in [0.2, 0.25) is 0 Å². The maximum atomic E-state index is 11.9. The topological polar surface area (TPSA) is 71.5 Å². The number of rotatable bonds is 7. The number of carbonyl (C=O) groups is 1. The van der Waals surface area contributed by atoms with Crippen LogP contribution in [0.15, 0.2) is 36.5 Å². The fourth-order valence-corrected chi connectivity index (χ4v) is 2.68. The minimum absolute atomic E-state index is 0.165. The van der Waals surface area contributed by atoms with Crippen molar-refractivity contribution >= 4 is 17.2 Å². The molecular formula is C15H18N2O3S. The van der Waals surface area contributed by atoms with Crippen LogP contribution in [0.3, 0.4) is 0 Å². The predicted molar refractivity (Wildman–Crippen MR) is 81.6 cm³/mol. The largest absolute Gasteiger partial charge is 0.389 e. The predicted octanol–water partition coefficient (Wildman–Crippen LogP) is 1.47. The van der Waals surface area contributed by atoms with Crippen LogP contribution in [-0.2, 0) is 11.2 Å². The van der Waals surface area contributed by atoms with E-state index < -0.39 is 6.10 Å². The average molecular weight is 306 g/mol. The van der Waals surface area contributed by atoms with E-state index in [1.165, 1.54) is 18.4 Å². The van der Waals surface area contributed by atoms with E-state index in [4.69, 9.17) is 4.74 Å². The molecule has 2 rings (SSSR count). The lowest BCUT2D eigenvalue weighted by molar-refractivity contribution is 0.0610. The molecule has 0 aliphatic heterocycles. The van der Waals surface area contributed by atoms with Gasteiger partial charge in [-0.3, -0.25) is 4.79 Å². The lowest BCUT2D eigenvalue weighted by Gasteiger charge is -2.09. The number of ether oxygens (including phenoxy) is 1. The standard InChI is InChI=1S/C15H18N2O3S/c1-20-10-12(18)8-17-15(19)13-9-16-14(21-13)7-11-5-3-2-4-6-11/h2-6,9,12,18H,7-8,10H2,1H3,(H,17,19). The third-order valence-electron chi connectivity index (χ3n) is 2.83. The number of hydrogen-bond donors (Lipinski definition) is 2. The Labute approximate surface area is 127 Å². The number of benzene rings is 1. The normalized spacial score (nSPS) is 12.1. The van der Waals surface area contributed by atoms with Crippen LogP contribution in [-0.4, -0.2) is 42.4 Å². The quantitative estimate of drug-likeness (QED) is 0.812. The highest BCUT2D eigenvalue weighted by Crippen LogP contribution is 2.16. The minimum atomic E-state index is -0.698. The first-order chi connectivity index (χ1) is 10.2. The van der Waals surface area contributed by atoms with Gasteiger partial charge in [0, 0.05) is 20.1 Å². The number of nitrogens with zero attached hydrogens (tertiary/aromatic N) is 1. The highest BCUT2D eigenvalue weighted by molar-refractivity contribution is 7.13. The van der Waals surface area contributed by atoms with Crippen molar-refractivity contribution in [2.75, 3.05) is 20.3 Å². The summed E-state index contributed by atoms with van der Waals surface area (Å²) in [5, 5.41) is 13.0. The molecule has 0 saturated heterocycles. The van der Waals surface area contributed by atoms with Gasteiger partial charge in [-0.15, -0.1) is 11.3 Å². The van der Waals surface area contributed by atoms with E-state index in [-0.39, 0.29) is 19.1 Å². The Hall–Kier alpha value is -1.76. The van der Waals surface area contributed by atoms with Crippen LogP contribution in [0.2, 0.25) is 0 Å². The van der Waals surface area contributed by atoms with Crippen molar-refractivity contribution < 1.29 is 14.6 Å². The second-order valence-electron chi connectivity index (χ2n) is 4.60. The van der Waals surface area contributed by atoms with Crippen molar-refractivity contribution in [3.8, 4) is 0 Å². The third kappa shape index (κ3) is 4.93. The summed E-state index contributed by atoms with van der Waals surface area (Å²) in [6.07, 6.45) is 1.59. The maximum Gasteiger partial charge on any atom is 0.263 e. The van der Waals surface area contributed by atoms with E-state index in [0.717, 1.165) is 10.6 Å². The molecule has 6 heteroatoms. The molecular weight excluding hydrogens is 288 g/mol. The molecule has 0 radical (unpaired) electrons. The van der Waals surface area contributed by atoms with Crippen LogP contribution in [0.25, 0.3) is 0 Å². The number of methoxy groups -OCH3 is 1. The Balaban J connectivity index is 1.89. The zero-order valence-corrected chi connectivity index (χ0v) is 12.6. The van der Waals surface area contributed by atoms with Crippen molar-refractivity contribution in [3.63, 3.8) is 0 Å². The first kappa shape index (κ1) is 15.6. The van der Waals surface area contributed by atoms with E-state index in [9.17, 15) is 9.90 Å². The molecule has 1 heterocycles. The van der Waals surface area contributed by atoms with Gasteiger partial charge in [-0.1, -0.05) is 30.3 Å². The molecule has 1 unspecified atom stereocenters. The molecule has 2 N–H and O–H groups in total. The number of aliphatic hydroxyl groups is 1. The van der Waals surface area contributed by atoms with E-state index in [1.54, 1.807) is 6.20 Å². The molecule has 0 spiro atoms. The molecule has 1 aromatic heterocycles. The van der Waals surface area contributed by atoms with Crippen LogP contribution < -0.4 is 5.32 Å². The molecule has 0 saturated carbocycles. The van der Waals surface area contributed by atoms with Crippen molar-refractivity contribution in [3.05, 3.63) is 52.0 Å². The number of aromatic nitrogens is 1. The molecule has 5 nitrogen and oxygen atoms in total. The summed E-state index contributed by atoms with van der Waals surface area (Å²) >= 11 is 1.36. The molecule has 1 amide bonds. The monoisotopic (exact) mass is 306 g/mol. The van der Waals surface area contributed by atoms with Gasteiger partial charge in [0.15, 0.2) is 0 Å². The van der Waals surface area contributed by atoms with Gasteiger partial charge in [0.05, 0.1) is 23.9 Å². The van der Waals surface area contributed by atoms with E-state index in [2.05, 4.69) is 10.3 Å². The molecule has 1 atom stereocenters. The van der Waals surface area contributed by atoms with Gasteiger partial charge in [-0.2, -0.15) is 0 Å². The van der Waals surface area contributed by atoms with Crippen LogP contribution in [0.1, 0.15) is 20.2 Å². The third-order valence-corrected chi connectivity index (χ3v) is 3.83. The molecule has 2 aromatic rings. The number of thiazole rings is 1. The Morgan fingerprint density at radius 1 is 1.43 bits per heavy atom. The second kappa shape index (κ2) is 7.87. The maximum absolute atomic E-state index is 11.9. The van der Waals surface area contributed by atoms with Crippen molar-refractivity contribution in [1.29, 1.82) is 0 Å². The van der Waals surface area contributed by atoms with E-state index in [0.29, 0.717) is 11.3 Å². The lowest BCUT2D eigenvalue weighted by atomic mass is 10.2. The molecule has 0 aliphatic rings. The summed E-state index contributed by atoms with van der Waals surface area (Å²) in [5.74, 6) is -0.220. The molecule has 0 bridgehead atoms. The summed E-state index contributed by atoms with van der Waals surface area (Å²) in [4.78, 5) is 16.7. The van der Waals surface area contributed by atoms with E-state index >= 15 is 0 Å². The molecule has 112 valence electrons. The van der Waals surface area contributed by atoms with Gasteiger partial charge >= 0.3 is 0 Å². The molecule has 21 heavy (non-hydrogen) atoms. The van der Waals surface area contributed by atoms with Crippen molar-refractivity contribution in [2.45, 2.75) is 12.5 Å². The molecule has 1 aromatic carbocycles. The summed E-state index contributed by atoms with van der Waals surface area (Å²) in [5.41, 5.74) is 1.16. The van der Waals surface area contributed by atoms with Gasteiger partial charge in [0.25, 0.3) is 5.91 Å². The van der Waals surface area contributed by atoms with Gasteiger partial charge in [-0.05, 0) is 5.56 Å². The Morgan fingerprint density at radius 2 is 2.19 bits per heavy atom. The Kier molecular flexibility index (Phi) is 5.86. The zero-order chi connectivity index (χ0) is 15.1. The number of amides is 1. The van der Waals surface area contributed by atoms with Crippen LogP contribution in [0.5, 0.6) is 0 Å². The van der Waals surface area contributed by atoms with Crippen molar-refractivity contribution in [1.82, 2.24) is 10.3 Å². The fraction of sp³-hybridized carbons (Fsp3) is 0.333. The first-order valence-electron chi connectivity index (χ1n) is 6.63. The summed E-state index contributed by atoms with van der Waals surface area (Å²) < 4.78 is 4.80. The van der Waals surface area contributed by atoms with Crippen LogP contribution >= 0.6 is 11.3 Å². The van der Waals surface area contributed by atoms with Crippen molar-refractivity contribution in [2.24, 2.45) is 0 Å². The SMILES string of the molecule is COCC(O)CNC(=O)c1cnc(Cc2ccccc2)s1. The van der Waals surface area contributed by atoms with Gasteiger partial charge < -0.3 is 15.2 Å². The van der Waals surface area contributed by atoms with Crippen LogP contribution in [0, 0.1) is 0 Å². The molecule has 0 aliphatic carbocycles. The number of nitrogens with one attached hydrogen (secondary N) is 1. The summed E-state index contributed by atoms with van der Waals surface area (Å²) in [7, 11) is 1.50. The Bertz CT molecular complexity index is 571. The highest BCUT2D eigenvalue weighted by Gasteiger charge is 2.12. The Morgan fingerprint density at radius 3 is 2.90 bits per heavy atom. The van der Waals surface area contributed by atoms with Gasteiger partial charge in [0.1, 0.15) is 4.88 Å². The number of hydrogen-bond acceptors (Lipinski definition) is 5. The smallest absolute Gasteiger partial charge is 0.263 e. The summed E-state index contributed by atoms with van der Waals surface area (Å²) in [6.45, 7) is 0.362. The molecule has 0 fully saturated rings. The highest BCUT2D eigenvalue weighted by atomic mass is 32.1. The van der Waals surface area contributed by atoms with Crippen LogP contribution in [0.4, 0.5) is 0 Å². The number of aliphatic hydroxyl groups excluding tert-OH is 1. The number of carbonyl (C=O) groups excluding carboxylic acids is 1.